The van der Waals surface area contributed by atoms with Gasteiger partial charge in [0.15, 0.2) is 0 Å². The molecule has 0 saturated heterocycles. The zero-order valence-corrected chi connectivity index (χ0v) is 10.8. The number of aliphatic hydroxyl groups is 1. The van der Waals surface area contributed by atoms with E-state index in [4.69, 9.17) is 5.73 Å². The number of fused-ring (bicyclic) bond motifs is 1. The number of benzene rings is 1. The fourth-order valence-electron chi connectivity index (χ4n) is 2.93. The van der Waals surface area contributed by atoms with Crippen LogP contribution in [0.2, 0.25) is 0 Å². The SMILES string of the molecule is Nc1cccc(C(O)C2CCCc3cccnc32)c1. The molecule has 1 aromatic carbocycles. The minimum Gasteiger partial charge on any atom is -0.399 e. The number of aliphatic hydroxyl groups excluding tert-OH is 1. The van der Waals surface area contributed by atoms with Gasteiger partial charge >= 0.3 is 0 Å². The van der Waals surface area contributed by atoms with Crippen LogP contribution in [-0.2, 0) is 6.42 Å². The number of hydrogen-bond donors (Lipinski definition) is 2. The number of anilines is 1. The minimum atomic E-state index is -0.530. The molecule has 3 heteroatoms. The molecule has 0 aliphatic heterocycles. The first-order chi connectivity index (χ1) is 9.25. The van der Waals surface area contributed by atoms with Crippen LogP contribution in [0.5, 0.6) is 0 Å². The Kier molecular flexibility index (Phi) is 3.22. The van der Waals surface area contributed by atoms with E-state index in [0.29, 0.717) is 5.69 Å². The summed E-state index contributed by atoms with van der Waals surface area (Å²) >= 11 is 0. The Morgan fingerprint density at radius 3 is 3.00 bits per heavy atom. The van der Waals surface area contributed by atoms with Crippen LogP contribution in [0.15, 0.2) is 42.6 Å². The first-order valence-corrected chi connectivity index (χ1v) is 6.73. The zero-order chi connectivity index (χ0) is 13.2. The van der Waals surface area contributed by atoms with Gasteiger partial charge in [-0.25, -0.2) is 0 Å². The third-order valence-electron chi connectivity index (χ3n) is 3.87. The van der Waals surface area contributed by atoms with E-state index in [1.54, 1.807) is 0 Å². The number of hydrogen-bond acceptors (Lipinski definition) is 3. The van der Waals surface area contributed by atoms with E-state index in [0.717, 1.165) is 30.5 Å². The van der Waals surface area contributed by atoms with Crippen molar-refractivity contribution in [3.8, 4) is 0 Å². The molecule has 0 amide bonds. The molecule has 0 saturated carbocycles. The highest BCUT2D eigenvalue weighted by molar-refractivity contribution is 5.42. The largest absolute Gasteiger partial charge is 0.399 e. The standard InChI is InChI=1S/C16H18N2O/c17-13-7-1-5-12(10-13)16(19)14-8-2-4-11-6-3-9-18-15(11)14/h1,3,5-7,9-10,14,16,19H,2,4,8,17H2. The lowest BCUT2D eigenvalue weighted by Crippen LogP contribution is -2.18. The lowest BCUT2D eigenvalue weighted by atomic mass is 9.81. The van der Waals surface area contributed by atoms with Crippen LogP contribution in [0.3, 0.4) is 0 Å². The van der Waals surface area contributed by atoms with Gasteiger partial charge in [-0.3, -0.25) is 4.98 Å². The molecule has 1 heterocycles. The maximum atomic E-state index is 10.6. The molecule has 2 atom stereocenters. The van der Waals surface area contributed by atoms with Gasteiger partial charge < -0.3 is 10.8 Å². The van der Waals surface area contributed by atoms with E-state index in [1.807, 2.05) is 36.5 Å². The Hall–Kier alpha value is -1.87. The molecule has 0 fully saturated rings. The smallest absolute Gasteiger partial charge is 0.0874 e. The van der Waals surface area contributed by atoms with Gasteiger partial charge in [0.2, 0.25) is 0 Å². The Balaban J connectivity index is 1.95. The maximum Gasteiger partial charge on any atom is 0.0874 e. The molecular formula is C16H18N2O. The summed E-state index contributed by atoms with van der Waals surface area (Å²) in [5.74, 6) is 0.0757. The van der Waals surface area contributed by atoms with E-state index in [-0.39, 0.29) is 5.92 Å². The number of aryl methyl sites for hydroxylation is 1. The third kappa shape index (κ3) is 2.34. The van der Waals surface area contributed by atoms with Gasteiger partial charge in [0.05, 0.1) is 6.10 Å². The maximum absolute atomic E-state index is 10.6. The van der Waals surface area contributed by atoms with Gasteiger partial charge in [-0.1, -0.05) is 18.2 Å². The zero-order valence-electron chi connectivity index (χ0n) is 10.8. The molecule has 98 valence electrons. The summed E-state index contributed by atoms with van der Waals surface area (Å²) in [5.41, 5.74) is 9.67. The second kappa shape index (κ2) is 5.02. The Morgan fingerprint density at radius 2 is 2.16 bits per heavy atom. The molecule has 19 heavy (non-hydrogen) atoms. The van der Waals surface area contributed by atoms with Gasteiger partial charge in [-0.2, -0.15) is 0 Å². The van der Waals surface area contributed by atoms with Gasteiger partial charge in [-0.15, -0.1) is 0 Å². The van der Waals surface area contributed by atoms with Gasteiger partial charge in [0.25, 0.3) is 0 Å². The molecule has 3 N–H and O–H groups in total. The molecule has 1 aromatic heterocycles. The van der Waals surface area contributed by atoms with Crippen molar-refractivity contribution >= 4 is 5.69 Å². The summed E-state index contributed by atoms with van der Waals surface area (Å²) in [6.45, 7) is 0. The second-order valence-electron chi connectivity index (χ2n) is 5.16. The third-order valence-corrected chi connectivity index (χ3v) is 3.87. The minimum absolute atomic E-state index is 0.0757. The topological polar surface area (TPSA) is 59.1 Å². The summed E-state index contributed by atoms with van der Waals surface area (Å²) in [4.78, 5) is 4.48. The quantitative estimate of drug-likeness (QED) is 0.810. The van der Waals surface area contributed by atoms with Crippen LogP contribution in [0.25, 0.3) is 0 Å². The van der Waals surface area contributed by atoms with Crippen molar-refractivity contribution in [2.45, 2.75) is 31.3 Å². The van der Waals surface area contributed by atoms with Crippen molar-refractivity contribution in [2.24, 2.45) is 0 Å². The fraction of sp³-hybridized carbons (Fsp3) is 0.312. The molecule has 2 aromatic rings. The van der Waals surface area contributed by atoms with Crippen molar-refractivity contribution in [1.29, 1.82) is 0 Å². The number of aromatic nitrogens is 1. The average molecular weight is 254 g/mol. The Morgan fingerprint density at radius 1 is 1.26 bits per heavy atom. The van der Waals surface area contributed by atoms with Crippen LogP contribution >= 0.6 is 0 Å². The van der Waals surface area contributed by atoms with Crippen molar-refractivity contribution in [1.82, 2.24) is 4.98 Å². The monoisotopic (exact) mass is 254 g/mol. The molecule has 1 aliphatic rings. The van der Waals surface area contributed by atoms with Crippen molar-refractivity contribution in [2.75, 3.05) is 5.73 Å². The van der Waals surface area contributed by atoms with Crippen LogP contribution < -0.4 is 5.73 Å². The summed E-state index contributed by atoms with van der Waals surface area (Å²) < 4.78 is 0. The highest BCUT2D eigenvalue weighted by Crippen LogP contribution is 2.39. The molecule has 0 bridgehead atoms. The van der Waals surface area contributed by atoms with Crippen molar-refractivity contribution in [3.05, 3.63) is 59.4 Å². The lowest BCUT2D eigenvalue weighted by molar-refractivity contribution is 0.134. The van der Waals surface area contributed by atoms with Crippen LogP contribution in [-0.4, -0.2) is 10.1 Å². The molecule has 2 unspecified atom stereocenters. The number of nitrogens with two attached hydrogens (primary N) is 1. The molecule has 3 nitrogen and oxygen atoms in total. The Bertz CT molecular complexity index is 582. The predicted octanol–water partition coefficient (Wildman–Crippen LogP) is 2.82. The molecule has 3 rings (SSSR count). The number of nitrogens with zero attached hydrogens (tertiary/aromatic N) is 1. The number of nitrogen functional groups attached to an aromatic ring is 1. The van der Waals surface area contributed by atoms with Gasteiger partial charge in [0, 0.05) is 23.5 Å². The summed E-state index contributed by atoms with van der Waals surface area (Å²) in [5, 5.41) is 10.6. The van der Waals surface area contributed by atoms with E-state index >= 15 is 0 Å². The highest BCUT2D eigenvalue weighted by atomic mass is 16.3. The van der Waals surface area contributed by atoms with Gasteiger partial charge in [0.1, 0.15) is 0 Å². The van der Waals surface area contributed by atoms with E-state index in [9.17, 15) is 5.11 Å². The molecule has 0 radical (unpaired) electrons. The summed E-state index contributed by atoms with van der Waals surface area (Å²) in [7, 11) is 0. The highest BCUT2D eigenvalue weighted by Gasteiger charge is 2.28. The molecular weight excluding hydrogens is 236 g/mol. The van der Waals surface area contributed by atoms with E-state index in [2.05, 4.69) is 11.1 Å². The van der Waals surface area contributed by atoms with Crippen LogP contribution in [0.1, 0.15) is 41.7 Å². The van der Waals surface area contributed by atoms with Crippen LogP contribution in [0, 0.1) is 0 Å². The van der Waals surface area contributed by atoms with Crippen molar-refractivity contribution < 1.29 is 5.11 Å². The molecule has 1 aliphatic carbocycles. The van der Waals surface area contributed by atoms with Crippen molar-refractivity contribution in [3.63, 3.8) is 0 Å². The second-order valence-corrected chi connectivity index (χ2v) is 5.16. The first kappa shape index (κ1) is 12.2. The normalized spacial score (nSPS) is 19.7. The summed E-state index contributed by atoms with van der Waals surface area (Å²) in [6, 6.07) is 11.6. The van der Waals surface area contributed by atoms with E-state index < -0.39 is 6.10 Å². The Labute approximate surface area is 113 Å². The van der Waals surface area contributed by atoms with Gasteiger partial charge in [-0.05, 0) is 48.6 Å². The van der Waals surface area contributed by atoms with Crippen LogP contribution in [0.4, 0.5) is 5.69 Å². The fourth-order valence-corrected chi connectivity index (χ4v) is 2.93. The predicted molar refractivity (Wildman–Crippen MR) is 75.7 cm³/mol. The first-order valence-electron chi connectivity index (χ1n) is 6.73. The number of rotatable bonds is 2. The summed E-state index contributed by atoms with van der Waals surface area (Å²) in [6.07, 6.45) is 4.41. The lowest BCUT2D eigenvalue weighted by Gasteiger charge is -2.28. The number of pyridine rings is 1. The molecule has 0 spiro atoms. The van der Waals surface area contributed by atoms with E-state index in [1.165, 1.54) is 5.56 Å². The average Bonchev–Trinajstić information content (AvgIpc) is 2.46.